The molecule has 0 heterocycles. The first kappa shape index (κ1) is 14.6. The maximum absolute atomic E-state index is 13.0. The third-order valence-corrected chi connectivity index (χ3v) is 3.09. The van der Waals surface area contributed by atoms with Gasteiger partial charge < -0.3 is 10.6 Å². The second kappa shape index (κ2) is 6.59. The summed E-state index contributed by atoms with van der Waals surface area (Å²) in [5, 5.41) is 5.74. The Morgan fingerprint density at radius 2 is 1.70 bits per heavy atom. The van der Waals surface area contributed by atoms with Crippen molar-refractivity contribution in [1.29, 1.82) is 0 Å². The molecule has 6 heteroatoms. The summed E-state index contributed by atoms with van der Waals surface area (Å²) in [4.78, 5) is 11.7. The Bertz CT molecular complexity index is 597. The molecular weight excluding hydrogens is 302 g/mol. The van der Waals surface area contributed by atoms with Crippen LogP contribution in [0.15, 0.2) is 42.5 Å². The summed E-state index contributed by atoms with van der Waals surface area (Å²) in [6.07, 6.45) is 0. The molecule has 104 valence electrons. The van der Waals surface area contributed by atoms with Gasteiger partial charge in [0.15, 0.2) is 0 Å². The summed E-state index contributed by atoms with van der Waals surface area (Å²) >= 11 is 11.7. The van der Waals surface area contributed by atoms with Gasteiger partial charge in [-0.25, -0.2) is 4.39 Å². The van der Waals surface area contributed by atoms with Crippen LogP contribution in [0.25, 0.3) is 0 Å². The van der Waals surface area contributed by atoms with Crippen LogP contribution in [0.5, 0.6) is 0 Å². The molecule has 2 aromatic carbocycles. The Morgan fingerprint density at radius 1 is 1.10 bits per heavy atom. The second-order valence-electron chi connectivity index (χ2n) is 4.01. The van der Waals surface area contributed by atoms with Gasteiger partial charge in [0.2, 0.25) is 5.91 Å². The molecule has 0 aliphatic carbocycles. The van der Waals surface area contributed by atoms with E-state index in [1.165, 1.54) is 0 Å². The molecular formula is C14H11Cl2FN2O. The quantitative estimate of drug-likeness (QED) is 0.889. The lowest BCUT2D eigenvalue weighted by Gasteiger charge is -2.11. The van der Waals surface area contributed by atoms with Crippen LogP contribution in [0, 0.1) is 5.82 Å². The summed E-state index contributed by atoms with van der Waals surface area (Å²) in [6.45, 7) is -0.0278. The van der Waals surface area contributed by atoms with E-state index in [-0.39, 0.29) is 22.5 Å². The van der Waals surface area contributed by atoms with Crippen molar-refractivity contribution in [3.8, 4) is 0 Å². The monoisotopic (exact) mass is 312 g/mol. The van der Waals surface area contributed by atoms with Crippen molar-refractivity contribution in [3.05, 3.63) is 58.3 Å². The van der Waals surface area contributed by atoms with E-state index in [0.717, 1.165) is 12.1 Å². The van der Waals surface area contributed by atoms with Gasteiger partial charge in [-0.15, -0.1) is 0 Å². The van der Waals surface area contributed by atoms with Crippen molar-refractivity contribution in [1.82, 2.24) is 0 Å². The molecule has 20 heavy (non-hydrogen) atoms. The van der Waals surface area contributed by atoms with Crippen LogP contribution in [0.1, 0.15) is 0 Å². The minimum absolute atomic E-state index is 0.0278. The molecule has 0 bridgehead atoms. The van der Waals surface area contributed by atoms with Crippen molar-refractivity contribution in [2.24, 2.45) is 0 Å². The maximum Gasteiger partial charge on any atom is 0.243 e. The topological polar surface area (TPSA) is 41.1 Å². The molecule has 1 amide bonds. The minimum Gasteiger partial charge on any atom is -0.374 e. The number of hydrogen-bond acceptors (Lipinski definition) is 2. The number of carbonyl (C=O) groups is 1. The lowest BCUT2D eigenvalue weighted by molar-refractivity contribution is -0.114. The molecule has 0 fully saturated rings. The van der Waals surface area contributed by atoms with E-state index in [0.29, 0.717) is 11.4 Å². The van der Waals surface area contributed by atoms with E-state index < -0.39 is 5.82 Å². The highest BCUT2D eigenvalue weighted by Gasteiger charge is 2.10. The molecule has 2 aromatic rings. The average Bonchev–Trinajstić information content (AvgIpc) is 2.38. The largest absolute Gasteiger partial charge is 0.374 e. The molecule has 0 radical (unpaired) electrons. The van der Waals surface area contributed by atoms with Gasteiger partial charge in [-0.05, 0) is 24.3 Å². The van der Waals surface area contributed by atoms with Gasteiger partial charge in [0.1, 0.15) is 5.82 Å². The first-order chi connectivity index (χ1) is 9.56. The van der Waals surface area contributed by atoms with E-state index in [4.69, 9.17) is 23.2 Å². The Kier molecular flexibility index (Phi) is 4.82. The van der Waals surface area contributed by atoms with Crippen LogP contribution in [0.4, 0.5) is 15.8 Å². The normalized spacial score (nSPS) is 10.2. The number of para-hydroxylation sites is 1. The maximum atomic E-state index is 13.0. The Hall–Kier alpha value is -1.78. The van der Waals surface area contributed by atoms with E-state index >= 15 is 0 Å². The minimum atomic E-state index is -0.528. The highest BCUT2D eigenvalue weighted by molar-refractivity contribution is 6.39. The predicted octanol–water partition coefficient (Wildman–Crippen LogP) is 4.18. The number of amides is 1. The van der Waals surface area contributed by atoms with E-state index in [1.807, 2.05) is 18.2 Å². The van der Waals surface area contributed by atoms with Crippen LogP contribution in [-0.4, -0.2) is 12.5 Å². The third-order valence-electron chi connectivity index (χ3n) is 2.49. The van der Waals surface area contributed by atoms with Crippen molar-refractivity contribution in [2.45, 2.75) is 0 Å². The average molecular weight is 313 g/mol. The molecule has 2 rings (SSSR count). The fraction of sp³-hybridized carbons (Fsp3) is 0.0714. The van der Waals surface area contributed by atoms with Gasteiger partial charge >= 0.3 is 0 Å². The van der Waals surface area contributed by atoms with Crippen LogP contribution >= 0.6 is 23.2 Å². The molecule has 0 aliphatic rings. The van der Waals surface area contributed by atoms with E-state index in [2.05, 4.69) is 10.6 Å². The van der Waals surface area contributed by atoms with Gasteiger partial charge in [0.05, 0.1) is 22.3 Å². The summed E-state index contributed by atoms with van der Waals surface area (Å²) in [7, 11) is 0. The van der Waals surface area contributed by atoms with Crippen molar-refractivity contribution < 1.29 is 9.18 Å². The lowest BCUT2D eigenvalue weighted by atomic mass is 10.3. The smallest absolute Gasteiger partial charge is 0.243 e. The van der Waals surface area contributed by atoms with Gasteiger partial charge in [-0.2, -0.15) is 0 Å². The molecule has 0 aliphatic heterocycles. The summed E-state index contributed by atoms with van der Waals surface area (Å²) in [5.41, 5.74) is 1.02. The summed E-state index contributed by atoms with van der Waals surface area (Å²) in [6, 6.07) is 11.3. The zero-order chi connectivity index (χ0) is 14.5. The van der Waals surface area contributed by atoms with Crippen molar-refractivity contribution in [3.63, 3.8) is 0 Å². The van der Waals surface area contributed by atoms with E-state index in [9.17, 15) is 9.18 Å². The number of halogens is 3. The molecule has 0 saturated heterocycles. The highest BCUT2D eigenvalue weighted by atomic mass is 35.5. The Morgan fingerprint density at radius 3 is 2.30 bits per heavy atom. The SMILES string of the molecule is O=C(CNc1c(Cl)cc(F)cc1Cl)Nc1ccccc1. The molecule has 0 aromatic heterocycles. The Balaban J connectivity index is 1.97. The van der Waals surface area contributed by atoms with Gasteiger partial charge in [-0.1, -0.05) is 41.4 Å². The van der Waals surface area contributed by atoms with Gasteiger partial charge in [0, 0.05) is 5.69 Å². The fourth-order valence-corrected chi connectivity index (χ4v) is 2.20. The summed E-state index contributed by atoms with van der Waals surface area (Å²) < 4.78 is 13.0. The number of anilines is 2. The first-order valence-corrected chi connectivity index (χ1v) is 6.55. The second-order valence-corrected chi connectivity index (χ2v) is 4.83. The fourth-order valence-electron chi connectivity index (χ4n) is 1.61. The number of carbonyl (C=O) groups excluding carboxylic acids is 1. The molecule has 0 spiro atoms. The van der Waals surface area contributed by atoms with Gasteiger partial charge in [0.25, 0.3) is 0 Å². The highest BCUT2D eigenvalue weighted by Crippen LogP contribution is 2.31. The lowest BCUT2D eigenvalue weighted by Crippen LogP contribution is -2.22. The summed E-state index contributed by atoms with van der Waals surface area (Å²) in [5.74, 6) is -0.785. The third kappa shape index (κ3) is 3.85. The van der Waals surface area contributed by atoms with Crippen LogP contribution < -0.4 is 10.6 Å². The molecule has 2 N–H and O–H groups in total. The Labute approximate surface area is 125 Å². The molecule has 0 saturated carbocycles. The zero-order valence-electron chi connectivity index (χ0n) is 10.3. The van der Waals surface area contributed by atoms with Crippen molar-refractivity contribution in [2.75, 3.05) is 17.2 Å². The van der Waals surface area contributed by atoms with Crippen molar-refractivity contribution >= 4 is 40.5 Å². The van der Waals surface area contributed by atoms with E-state index in [1.54, 1.807) is 12.1 Å². The zero-order valence-corrected chi connectivity index (χ0v) is 11.8. The standard InChI is InChI=1S/C14H11Cl2FN2O/c15-11-6-9(17)7-12(16)14(11)18-8-13(20)19-10-4-2-1-3-5-10/h1-7,18H,8H2,(H,19,20). The number of benzene rings is 2. The van der Waals surface area contributed by atoms with Gasteiger partial charge in [-0.3, -0.25) is 4.79 Å². The first-order valence-electron chi connectivity index (χ1n) is 5.79. The number of rotatable bonds is 4. The van der Waals surface area contributed by atoms with Crippen LogP contribution in [0.2, 0.25) is 10.0 Å². The molecule has 3 nitrogen and oxygen atoms in total. The van der Waals surface area contributed by atoms with Crippen LogP contribution in [0.3, 0.4) is 0 Å². The molecule has 0 unspecified atom stereocenters. The predicted molar refractivity (Wildman–Crippen MR) is 80.0 cm³/mol. The molecule has 0 atom stereocenters. The number of hydrogen-bond donors (Lipinski definition) is 2. The number of nitrogens with one attached hydrogen (secondary N) is 2. The van der Waals surface area contributed by atoms with Crippen LogP contribution in [-0.2, 0) is 4.79 Å².